The van der Waals surface area contributed by atoms with Crippen LogP contribution in [0.1, 0.15) is 32.8 Å². The fraction of sp³-hybridized carbons (Fsp3) is 0.429. The van der Waals surface area contributed by atoms with Crippen molar-refractivity contribution in [1.82, 2.24) is 5.32 Å². The van der Waals surface area contributed by atoms with Gasteiger partial charge in [-0.3, -0.25) is 4.79 Å². The van der Waals surface area contributed by atoms with Gasteiger partial charge in [0, 0.05) is 18.5 Å². The number of hydrogen-bond acceptors (Lipinski definition) is 3. The largest absolute Gasteiger partial charge is 0.325 e. The van der Waals surface area contributed by atoms with Gasteiger partial charge < -0.3 is 10.6 Å². The fourth-order valence-electron chi connectivity index (χ4n) is 1.51. The zero-order valence-corrected chi connectivity index (χ0v) is 11.4. The van der Waals surface area contributed by atoms with Crippen LogP contribution in [0.5, 0.6) is 0 Å². The van der Waals surface area contributed by atoms with Crippen LogP contribution in [0.3, 0.4) is 0 Å². The lowest BCUT2D eigenvalue weighted by Gasteiger charge is -2.20. The lowest BCUT2D eigenvalue weighted by Crippen LogP contribution is -2.37. The first-order chi connectivity index (χ1) is 8.83. The molecule has 1 aromatic carbocycles. The minimum absolute atomic E-state index is 0.0586. The summed E-state index contributed by atoms with van der Waals surface area (Å²) in [4.78, 5) is 11.7. The third-order valence-electron chi connectivity index (χ3n) is 2.41. The predicted molar refractivity (Wildman–Crippen MR) is 72.1 cm³/mol. The van der Waals surface area contributed by atoms with E-state index < -0.39 is 5.82 Å². The number of nitrogens with one attached hydrogen (secondary N) is 2. The number of carbonyl (C=O) groups excluding carboxylic acids is 1. The van der Waals surface area contributed by atoms with Crippen LogP contribution < -0.4 is 10.6 Å². The molecule has 102 valence electrons. The molecule has 0 aromatic heterocycles. The van der Waals surface area contributed by atoms with Crippen LogP contribution in [0, 0.1) is 17.1 Å². The summed E-state index contributed by atoms with van der Waals surface area (Å²) in [6, 6.07) is 5.90. The topological polar surface area (TPSA) is 64.9 Å². The number of carbonyl (C=O) groups is 1. The molecule has 0 heterocycles. The van der Waals surface area contributed by atoms with Gasteiger partial charge >= 0.3 is 0 Å². The molecule has 19 heavy (non-hydrogen) atoms. The van der Waals surface area contributed by atoms with Crippen molar-refractivity contribution in [3.05, 3.63) is 29.6 Å². The first kappa shape index (κ1) is 15.1. The summed E-state index contributed by atoms with van der Waals surface area (Å²) < 4.78 is 13.3. The zero-order valence-electron chi connectivity index (χ0n) is 11.4. The highest BCUT2D eigenvalue weighted by Gasteiger charge is 2.12. The Labute approximate surface area is 112 Å². The molecule has 1 rings (SSSR count). The molecule has 0 saturated carbocycles. The number of rotatable bonds is 4. The van der Waals surface area contributed by atoms with E-state index in [1.807, 2.05) is 20.8 Å². The molecule has 0 saturated heterocycles. The number of anilines is 1. The van der Waals surface area contributed by atoms with Gasteiger partial charge in [-0.05, 0) is 32.9 Å². The molecule has 0 radical (unpaired) electrons. The maximum Gasteiger partial charge on any atom is 0.225 e. The Balaban J connectivity index is 2.59. The summed E-state index contributed by atoms with van der Waals surface area (Å²) >= 11 is 0. The minimum atomic E-state index is -0.631. The highest BCUT2D eigenvalue weighted by molar-refractivity contribution is 5.92. The summed E-state index contributed by atoms with van der Waals surface area (Å²) in [5, 5.41) is 14.6. The van der Waals surface area contributed by atoms with E-state index in [0.29, 0.717) is 6.54 Å². The molecule has 5 heteroatoms. The third kappa shape index (κ3) is 5.06. The van der Waals surface area contributed by atoms with Crippen LogP contribution in [0.2, 0.25) is 0 Å². The highest BCUT2D eigenvalue weighted by atomic mass is 19.1. The Bertz CT molecular complexity index is 500. The van der Waals surface area contributed by atoms with Gasteiger partial charge in [0.1, 0.15) is 17.4 Å². The van der Waals surface area contributed by atoms with E-state index in [9.17, 15) is 9.18 Å². The highest BCUT2D eigenvalue weighted by Crippen LogP contribution is 2.17. The van der Waals surface area contributed by atoms with E-state index in [2.05, 4.69) is 10.6 Å². The van der Waals surface area contributed by atoms with Crippen molar-refractivity contribution in [1.29, 1.82) is 5.26 Å². The van der Waals surface area contributed by atoms with Gasteiger partial charge in [0.25, 0.3) is 0 Å². The summed E-state index contributed by atoms with van der Waals surface area (Å²) in [6.45, 7) is 6.54. The normalized spacial score (nSPS) is 10.9. The van der Waals surface area contributed by atoms with Gasteiger partial charge in [-0.25, -0.2) is 4.39 Å². The minimum Gasteiger partial charge on any atom is -0.325 e. The van der Waals surface area contributed by atoms with Gasteiger partial charge in [0.05, 0.1) is 5.69 Å². The first-order valence-electron chi connectivity index (χ1n) is 6.07. The second-order valence-electron chi connectivity index (χ2n) is 5.25. The Hall–Kier alpha value is -1.93. The van der Waals surface area contributed by atoms with Crippen molar-refractivity contribution in [3.8, 4) is 6.07 Å². The molecule has 0 atom stereocenters. The Morgan fingerprint density at radius 1 is 1.42 bits per heavy atom. The van der Waals surface area contributed by atoms with E-state index in [4.69, 9.17) is 5.26 Å². The molecule has 1 amide bonds. The SMILES string of the molecule is CC(C)(C)NCCC(=O)Nc1cccc(F)c1C#N. The number of benzene rings is 1. The van der Waals surface area contributed by atoms with Crippen LogP contribution in [-0.4, -0.2) is 18.0 Å². The van der Waals surface area contributed by atoms with Crippen LogP contribution in [-0.2, 0) is 4.79 Å². The van der Waals surface area contributed by atoms with Gasteiger partial charge in [0.2, 0.25) is 5.91 Å². The van der Waals surface area contributed by atoms with Crippen molar-refractivity contribution in [2.45, 2.75) is 32.7 Å². The summed E-state index contributed by atoms with van der Waals surface area (Å²) in [5.74, 6) is -0.882. The molecular weight excluding hydrogens is 245 g/mol. The summed E-state index contributed by atoms with van der Waals surface area (Å²) in [5.41, 5.74) is 0.0135. The lowest BCUT2D eigenvalue weighted by molar-refractivity contribution is -0.116. The van der Waals surface area contributed by atoms with Crippen LogP contribution in [0.4, 0.5) is 10.1 Å². The Morgan fingerprint density at radius 3 is 2.68 bits per heavy atom. The number of hydrogen-bond donors (Lipinski definition) is 2. The molecule has 0 fully saturated rings. The second kappa shape index (κ2) is 6.30. The number of amides is 1. The van der Waals surface area contributed by atoms with Crippen LogP contribution in [0.25, 0.3) is 0 Å². The molecule has 0 aliphatic heterocycles. The number of halogens is 1. The molecule has 0 bridgehead atoms. The maximum atomic E-state index is 13.3. The quantitative estimate of drug-likeness (QED) is 0.876. The molecular formula is C14H18FN3O. The fourth-order valence-corrected chi connectivity index (χ4v) is 1.51. The molecule has 0 aliphatic rings. The standard InChI is InChI=1S/C14H18FN3O/c1-14(2,3)17-8-7-13(19)18-12-6-4-5-11(15)10(12)9-16/h4-6,17H,7-8H2,1-3H3,(H,18,19). The van der Waals surface area contributed by atoms with E-state index in [0.717, 1.165) is 0 Å². The van der Waals surface area contributed by atoms with Crippen LogP contribution in [0.15, 0.2) is 18.2 Å². The van der Waals surface area contributed by atoms with Gasteiger partial charge in [0.15, 0.2) is 0 Å². The predicted octanol–water partition coefficient (Wildman–Crippen LogP) is 2.41. The van der Waals surface area contributed by atoms with Gasteiger partial charge in [-0.15, -0.1) is 0 Å². The summed E-state index contributed by atoms with van der Waals surface area (Å²) in [7, 11) is 0. The smallest absolute Gasteiger partial charge is 0.225 e. The lowest BCUT2D eigenvalue weighted by atomic mass is 10.1. The van der Waals surface area contributed by atoms with E-state index in [1.165, 1.54) is 18.2 Å². The Kier molecular flexibility index (Phi) is 5.02. The molecule has 2 N–H and O–H groups in total. The molecule has 0 aliphatic carbocycles. The first-order valence-corrected chi connectivity index (χ1v) is 6.07. The number of nitriles is 1. The maximum absolute atomic E-state index is 13.3. The summed E-state index contributed by atoms with van der Waals surface area (Å²) in [6.07, 6.45) is 0.263. The second-order valence-corrected chi connectivity index (χ2v) is 5.25. The Morgan fingerprint density at radius 2 is 2.11 bits per heavy atom. The van der Waals surface area contributed by atoms with E-state index in [-0.39, 0.29) is 29.1 Å². The molecule has 0 unspecified atom stereocenters. The van der Waals surface area contributed by atoms with Crippen molar-refractivity contribution < 1.29 is 9.18 Å². The van der Waals surface area contributed by atoms with Crippen molar-refractivity contribution in [3.63, 3.8) is 0 Å². The third-order valence-corrected chi connectivity index (χ3v) is 2.41. The molecule has 4 nitrogen and oxygen atoms in total. The van der Waals surface area contributed by atoms with Gasteiger partial charge in [-0.2, -0.15) is 5.26 Å². The van der Waals surface area contributed by atoms with Crippen molar-refractivity contribution in [2.24, 2.45) is 0 Å². The van der Waals surface area contributed by atoms with Crippen LogP contribution >= 0.6 is 0 Å². The monoisotopic (exact) mass is 263 g/mol. The van der Waals surface area contributed by atoms with Crippen molar-refractivity contribution >= 4 is 11.6 Å². The van der Waals surface area contributed by atoms with Crippen molar-refractivity contribution in [2.75, 3.05) is 11.9 Å². The zero-order chi connectivity index (χ0) is 14.5. The average Bonchev–Trinajstić information content (AvgIpc) is 2.27. The van der Waals surface area contributed by atoms with E-state index >= 15 is 0 Å². The average molecular weight is 263 g/mol. The number of nitrogens with zero attached hydrogens (tertiary/aromatic N) is 1. The van der Waals surface area contributed by atoms with Gasteiger partial charge in [-0.1, -0.05) is 6.07 Å². The van der Waals surface area contributed by atoms with E-state index in [1.54, 1.807) is 6.07 Å². The molecule has 0 spiro atoms. The molecule has 1 aromatic rings.